The van der Waals surface area contributed by atoms with Gasteiger partial charge < -0.3 is 14.6 Å². The van der Waals surface area contributed by atoms with Crippen molar-refractivity contribution in [3.05, 3.63) is 0 Å². The molecule has 2 fully saturated rings. The van der Waals surface area contributed by atoms with Crippen LogP contribution in [0.15, 0.2) is 0 Å². The Hall–Kier alpha value is -0.610. The van der Waals surface area contributed by atoms with Gasteiger partial charge in [-0.1, -0.05) is 19.3 Å². The van der Waals surface area contributed by atoms with Crippen molar-refractivity contribution < 1.29 is 19.4 Å². The number of ether oxygens (including phenoxy) is 2. The molecule has 1 aliphatic carbocycles. The summed E-state index contributed by atoms with van der Waals surface area (Å²) < 4.78 is 11.2. The number of carboxylic acid groups (broad SMARTS) is 1. The van der Waals surface area contributed by atoms with E-state index in [1.165, 1.54) is 19.3 Å². The van der Waals surface area contributed by atoms with Gasteiger partial charge in [-0.3, -0.25) is 0 Å². The Kier molecular flexibility index (Phi) is 4.18. The highest BCUT2D eigenvalue weighted by Crippen LogP contribution is 2.24. The number of carbonyl (C=O) groups is 1. The van der Waals surface area contributed by atoms with Crippen molar-refractivity contribution in [2.45, 2.75) is 63.3 Å². The summed E-state index contributed by atoms with van der Waals surface area (Å²) in [7, 11) is 0. The molecule has 2 aliphatic rings. The molecule has 2 atom stereocenters. The Labute approximate surface area is 95.9 Å². The summed E-state index contributed by atoms with van der Waals surface area (Å²) in [6.45, 7) is 0.564. The fourth-order valence-corrected chi connectivity index (χ4v) is 2.49. The van der Waals surface area contributed by atoms with Crippen molar-refractivity contribution in [2.24, 2.45) is 0 Å². The average Bonchev–Trinajstić information content (AvgIpc) is 2.76. The molecular formula is C12H20O4. The third-order valence-electron chi connectivity index (χ3n) is 3.45. The molecule has 92 valence electrons. The molecule has 2 unspecified atom stereocenters. The summed E-state index contributed by atoms with van der Waals surface area (Å²) in [5.41, 5.74) is 0. The first-order valence-electron chi connectivity index (χ1n) is 6.25. The lowest BCUT2D eigenvalue weighted by atomic mass is 9.98. The molecule has 0 bridgehead atoms. The number of carboxylic acids is 1. The summed E-state index contributed by atoms with van der Waals surface area (Å²) in [4.78, 5) is 10.7. The minimum absolute atomic E-state index is 0.0111. The lowest BCUT2D eigenvalue weighted by Crippen LogP contribution is -2.26. The van der Waals surface area contributed by atoms with Crippen LogP contribution in [0.2, 0.25) is 0 Å². The molecule has 1 saturated heterocycles. The maximum Gasteiger partial charge on any atom is 0.332 e. The van der Waals surface area contributed by atoms with Gasteiger partial charge in [0.1, 0.15) is 0 Å². The number of rotatable bonds is 4. The zero-order valence-electron chi connectivity index (χ0n) is 9.56. The van der Waals surface area contributed by atoms with E-state index in [0.717, 1.165) is 19.3 Å². The first-order chi connectivity index (χ1) is 7.75. The second-order valence-corrected chi connectivity index (χ2v) is 4.76. The molecule has 4 nitrogen and oxygen atoms in total. The van der Waals surface area contributed by atoms with Crippen LogP contribution in [-0.2, 0) is 14.3 Å². The van der Waals surface area contributed by atoms with E-state index in [-0.39, 0.29) is 6.10 Å². The van der Waals surface area contributed by atoms with Gasteiger partial charge in [-0.25, -0.2) is 4.79 Å². The van der Waals surface area contributed by atoms with E-state index < -0.39 is 12.1 Å². The van der Waals surface area contributed by atoms with Crippen LogP contribution in [-0.4, -0.2) is 36.0 Å². The summed E-state index contributed by atoms with van der Waals surface area (Å²) in [6.07, 6.45) is 7.31. The van der Waals surface area contributed by atoms with Crippen LogP contribution >= 0.6 is 0 Å². The molecule has 0 radical (unpaired) electrons. The topological polar surface area (TPSA) is 55.8 Å². The summed E-state index contributed by atoms with van der Waals surface area (Å²) in [6, 6.07) is 0. The molecule has 0 aromatic carbocycles. The molecule has 4 heteroatoms. The van der Waals surface area contributed by atoms with Crippen molar-refractivity contribution in [1.29, 1.82) is 0 Å². The summed E-state index contributed by atoms with van der Waals surface area (Å²) in [5.74, 6) is -0.847. The Balaban J connectivity index is 1.65. The molecule has 1 heterocycles. The maximum absolute atomic E-state index is 10.7. The molecular weight excluding hydrogens is 208 g/mol. The van der Waals surface area contributed by atoms with Gasteiger partial charge in [-0.2, -0.15) is 0 Å². The lowest BCUT2D eigenvalue weighted by Gasteiger charge is -2.23. The number of aliphatic carboxylic acids is 1. The fraction of sp³-hybridized carbons (Fsp3) is 0.917. The maximum atomic E-state index is 10.7. The first kappa shape index (κ1) is 11.9. The quantitative estimate of drug-likeness (QED) is 0.799. The number of hydrogen-bond donors (Lipinski definition) is 1. The second-order valence-electron chi connectivity index (χ2n) is 4.76. The zero-order valence-corrected chi connectivity index (χ0v) is 9.56. The molecule has 16 heavy (non-hydrogen) atoms. The molecule has 0 amide bonds. The van der Waals surface area contributed by atoms with E-state index in [1.54, 1.807) is 0 Å². The van der Waals surface area contributed by atoms with Gasteiger partial charge in [-0.15, -0.1) is 0 Å². The van der Waals surface area contributed by atoms with Crippen molar-refractivity contribution in [2.75, 3.05) is 6.61 Å². The highest BCUT2D eigenvalue weighted by atomic mass is 16.6. The van der Waals surface area contributed by atoms with Crippen LogP contribution in [0.4, 0.5) is 0 Å². The van der Waals surface area contributed by atoms with Crippen LogP contribution in [0.5, 0.6) is 0 Å². The van der Waals surface area contributed by atoms with Gasteiger partial charge in [0.25, 0.3) is 0 Å². The molecule has 0 aromatic heterocycles. The lowest BCUT2D eigenvalue weighted by molar-refractivity contribution is -0.151. The van der Waals surface area contributed by atoms with E-state index in [2.05, 4.69) is 0 Å². The predicted octanol–water partition coefficient (Wildman–Crippen LogP) is 1.97. The van der Waals surface area contributed by atoms with E-state index in [4.69, 9.17) is 14.6 Å². The molecule has 1 saturated carbocycles. The van der Waals surface area contributed by atoms with Gasteiger partial charge in [-0.05, 0) is 25.7 Å². The van der Waals surface area contributed by atoms with E-state index in [0.29, 0.717) is 19.1 Å². The van der Waals surface area contributed by atoms with Crippen LogP contribution < -0.4 is 0 Å². The minimum Gasteiger partial charge on any atom is -0.479 e. The Morgan fingerprint density at radius 1 is 1.19 bits per heavy atom. The van der Waals surface area contributed by atoms with Gasteiger partial charge in [0.15, 0.2) is 6.10 Å². The van der Waals surface area contributed by atoms with E-state index >= 15 is 0 Å². The predicted molar refractivity (Wildman–Crippen MR) is 58.4 cm³/mol. The van der Waals surface area contributed by atoms with Crippen molar-refractivity contribution in [1.82, 2.24) is 0 Å². The van der Waals surface area contributed by atoms with Crippen molar-refractivity contribution in [3.8, 4) is 0 Å². The van der Waals surface area contributed by atoms with Crippen LogP contribution in [0, 0.1) is 0 Å². The van der Waals surface area contributed by atoms with Gasteiger partial charge in [0.05, 0.1) is 18.8 Å². The number of hydrogen-bond acceptors (Lipinski definition) is 3. The van der Waals surface area contributed by atoms with Crippen molar-refractivity contribution in [3.63, 3.8) is 0 Å². The van der Waals surface area contributed by atoms with Gasteiger partial charge in [0.2, 0.25) is 0 Å². The monoisotopic (exact) mass is 228 g/mol. The van der Waals surface area contributed by atoms with Crippen LogP contribution in [0.25, 0.3) is 0 Å². The minimum atomic E-state index is -0.847. The van der Waals surface area contributed by atoms with Crippen LogP contribution in [0.1, 0.15) is 44.9 Å². The van der Waals surface area contributed by atoms with Crippen molar-refractivity contribution >= 4 is 5.97 Å². The van der Waals surface area contributed by atoms with Gasteiger partial charge in [0, 0.05) is 0 Å². The Bertz CT molecular complexity index is 235. The molecule has 1 aliphatic heterocycles. The third kappa shape index (κ3) is 3.19. The smallest absolute Gasteiger partial charge is 0.332 e. The van der Waals surface area contributed by atoms with E-state index in [9.17, 15) is 4.79 Å². The SMILES string of the molecule is O=C(O)C1CCC(COC2CCCCC2)O1. The highest BCUT2D eigenvalue weighted by Gasteiger charge is 2.31. The summed E-state index contributed by atoms with van der Waals surface area (Å²) in [5, 5.41) is 8.78. The molecule has 0 aromatic rings. The van der Waals surface area contributed by atoms with Crippen LogP contribution in [0.3, 0.4) is 0 Å². The average molecular weight is 228 g/mol. The molecule has 2 rings (SSSR count). The largest absolute Gasteiger partial charge is 0.479 e. The molecule has 1 N–H and O–H groups in total. The van der Waals surface area contributed by atoms with Gasteiger partial charge >= 0.3 is 5.97 Å². The first-order valence-corrected chi connectivity index (χ1v) is 6.25. The summed E-state index contributed by atoms with van der Waals surface area (Å²) >= 11 is 0. The second kappa shape index (κ2) is 5.64. The standard InChI is InChI=1S/C12H20O4/c13-12(14)11-7-6-10(16-11)8-15-9-4-2-1-3-5-9/h9-11H,1-8H2,(H,13,14). The molecule has 0 spiro atoms. The third-order valence-corrected chi connectivity index (χ3v) is 3.45. The fourth-order valence-electron chi connectivity index (χ4n) is 2.49. The Morgan fingerprint density at radius 3 is 2.56 bits per heavy atom. The van der Waals surface area contributed by atoms with E-state index in [1.807, 2.05) is 0 Å². The zero-order chi connectivity index (χ0) is 11.4. The highest BCUT2D eigenvalue weighted by molar-refractivity contribution is 5.72. The normalized spacial score (nSPS) is 31.8. The Morgan fingerprint density at radius 2 is 1.94 bits per heavy atom.